The van der Waals surface area contributed by atoms with Crippen molar-refractivity contribution in [1.82, 2.24) is 0 Å². The number of carboxylic acid groups (broad SMARTS) is 1. The number of aryl methyl sites for hydroxylation is 2. The van der Waals surface area contributed by atoms with Gasteiger partial charge >= 0.3 is 11.9 Å². The van der Waals surface area contributed by atoms with E-state index in [2.05, 4.69) is 13.8 Å². The van der Waals surface area contributed by atoms with Gasteiger partial charge < -0.3 is 50.0 Å². The van der Waals surface area contributed by atoms with Crippen LogP contribution in [0.3, 0.4) is 0 Å². The van der Waals surface area contributed by atoms with Gasteiger partial charge in [-0.15, -0.1) is 0 Å². The van der Waals surface area contributed by atoms with Gasteiger partial charge in [0.25, 0.3) is 0 Å². The lowest BCUT2D eigenvalue weighted by Gasteiger charge is -2.21. The smallest absolute Gasteiger partial charge is 0.347 e. The van der Waals surface area contributed by atoms with Crippen LogP contribution in [0.25, 0.3) is 0 Å². The van der Waals surface area contributed by atoms with Crippen molar-refractivity contribution in [3.8, 4) is 23.0 Å². The summed E-state index contributed by atoms with van der Waals surface area (Å²) in [7, 11) is 0. The maximum atomic E-state index is 13.8. The van der Waals surface area contributed by atoms with Crippen molar-refractivity contribution in [3.63, 3.8) is 0 Å². The Hall–Kier alpha value is -3.42. The number of aliphatic hydroxyl groups excluding tert-OH is 4. The van der Waals surface area contributed by atoms with Crippen LogP contribution in [-0.4, -0.2) is 85.0 Å². The molecule has 1 fully saturated rings. The summed E-state index contributed by atoms with van der Waals surface area (Å²) in [6, 6.07) is 4.99. The number of hydrogen-bond donors (Lipinski definition) is 7. The van der Waals surface area contributed by atoms with E-state index in [0.29, 0.717) is 36.8 Å². The van der Waals surface area contributed by atoms with Gasteiger partial charge in [0.15, 0.2) is 0 Å². The highest BCUT2D eigenvalue weighted by Gasteiger charge is 2.47. The topological polar surface area (TPSA) is 203 Å². The van der Waals surface area contributed by atoms with Crippen LogP contribution in [0.15, 0.2) is 24.3 Å². The SMILES string of the molecule is CCCCCCCc1cc(OC(=O)c2c(CCCCCCC)cc(O)cc2O[C@@H]2OC([C@H](O)CO)[C@H](O)[C@H]2O)cc(O)c1C(=O)O. The zero-order valence-electron chi connectivity index (χ0n) is 26.6. The van der Waals surface area contributed by atoms with E-state index in [0.717, 1.165) is 63.5 Å². The molecule has 12 nitrogen and oxygen atoms in total. The van der Waals surface area contributed by atoms with E-state index in [1.54, 1.807) is 0 Å². The number of phenols is 2. The first-order valence-electron chi connectivity index (χ1n) is 16.2. The maximum Gasteiger partial charge on any atom is 0.347 e. The Bertz CT molecular complexity index is 1300. The van der Waals surface area contributed by atoms with Crippen LogP contribution < -0.4 is 9.47 Å². The zero-order valence-corrected chi connectivity index (χ0v) is 26.6. The number of phenolic OH excluding ortho intramolecular Hbond substituents is 1. The molecule has 0 saturated carbocycles. The van der Waals surface area contributed by atoms with Crippen LogP contribution in [0.4, 0.5) is 0 Å². The van der Waals surface area contributed by atoms with Gasteiger partial charge in [0.05, 0.1) is 6.61 Å². The molecule has 1 aliphatic heterocycles. The number of aliphatic hydroxyl groups is 4. The van der Waals surface area contributed by atoms with Crippen molar-refractivity contribution in [2.24, 2.45) is 0 Å². The quantitative estimate of drug-likeness (QED) is 0.0650. The molecule has 12 heteroatoms. The summed E-state index contributed by atoms with van der Waals surface area (Å²) in [5.41, 5.74) is 0.323. The number of esters is 1. The molecule has 7 N–H and O–H groups in total. The molecule has 2 aromatic rings. The fourth-order valence-electron chi connectivity index (χ4n) is 5.65. The highest BCUT2D eigenvalue weighted by atomic mass is 16.7. The van der Waals surface area contributed by atoms with E-state index in [9.17, 15) is 45.3 Å². The Morgan fingerprint density at radius 3 is 1.98 bits per heavy atom. The van der Waals surface area contributed by atoms with Gasteiger partial charge in [-0.1, -0.05) is 65.2 Å². The molecule has 0 spiro atoms. The predicted molar refractivity (Wildman–Crippen MR) is 167 cm³/mol. The Balaban J connectivity index is 1.96. The molecule has 1 unspecified atom stereocenters. The summed E-state index contributed by atoms with van der Waals surface area (Å²) in [5, 5.41) is 71.1. The average molecular weight is 649 g/mol. The first-order valence-corrected chi connectivity index (χ1v) is 16.2. The second-order valence-electron chi connectivity index (χ2n) is 11.8. The molecular weight excluding hydrogens is 600 g/mol. The van der Waals surface area contributed by atoms with Crippen LogP contribution in [0.2, 0.25) is 0 Å². The predicted octanol–water partition coefficient (Wildman–Crippen LogP) is 4.22. The Morgan fingerprint density at radius 2 is 1.41 bits per heavy atom. The second-order valence-corrected chi connectivity index (χ2v) is 11.8. The number of benzene rings is 2. The van der Waals surface area contributed by atoms with Gasteiger partial charge in [0, 0.05) is 12.1 Å². The molecule has 3 rings (SSSR count). The summed E-state index contributed by atoms with van der Waals surface area (Å²) in [4.78, 5) is 25.7. The molecule has 0 aliphatic carbocycles. The van der Waals surface area contributed by atoms with Crippen molar-refractivity contribution >= 4 is 11.9 Å². The molecule has 46 heavy (non-hydrogen) atoms. The number of hydrogen-bond acceptors (Lipinski definition) is 11. The largest absolute Gasteiger partial charge is 0.508 e. The number of unbranched alkanes of at least 4 members (excludes halogenated alkanes) is 8. The molecular formula is C34H48O12. The molecule has 1 heterocycles. The third-order valence-electron chi connectivity index (χ3n) is 8.14. The van der Waals surface area contributed by atoms with Gasteiger partial charge in [0.2, 0.25) is 6.29 Å². The first kappa shape index (κ1) is 37.0. The lowest BCUT2D eigenvalue weighted by Crippen LogP contribution is -2.40. The molecule has 0 aromatic heterocycles. The third-order valence-corrected chi connectivity index (χ3v) is 8.14. The van der Waals surface area contributed by atoms with Crippen LogP contribution in [0.1, 0.15) is 110 Å². The van der Waals surface area contributed by atoms with Crippen molar-refractivity contribution in [3.05, 3.63) is 46.5 Å². The van der Waals surface area contributed by atoms with Crippen molar-refractivity contribution < 1.29 is 59.5 Å². The van der Waals surface area contributed by atoms with Gasteiger partial charge in [-0.2, -0.15) is 0 Å². The third kappa shape index (κ3) is 9.79. The van der Waals surface area contributed by atoms with E-state index in [4.69, 9.17) is 14.2 Å². The Kier molecular flexibility index (Phi) is 14.5. The fraction of sp³-hybridized carbons (Fsp3) is 0.588. The summed E-state index contributed by atoms with van der Waals surface area (Å²) < 4.78 is 17.0. The number of carbonyl (C=O) groups is 2. The molecule has 0 radical (unpaired) electrons. The van der Waals surface area contributed by atoms with Gasteiger partial charge in [0.1, 0.15) is 58.5 Å². The van der Waals surface area contributed by atoms with Crippen LogP contribution in [0, 0.1) is 0 Å². The normalized spacial score (nSPS) is 20.0. The average Bonchev–Trinajstić information content (AvgIpc) is 3.28. The summed E-state index contributed by atoms with van der Waals surface area (Å²) in [6.45, 7) is 3.43. The number of rotatable bonds is 19. The zero-order chi connectivity index (χ0) is 33.8. The molecule has 5 atom stereocenters. The summed E-state index contributed by atoms with van der Waals surface area (Å²) >= 11 is 0. The van der Waals surface area contributed by atoms with Crippen molar-refractivity contribution in [2.75, 3.05) is 6.61 Å². The van der Waals surface area contributed by atoms with Crippen LogP contribution >= 0.6 is 0 Å². The lowest BCUT2D eigenvalue weighted by molar-refractivity contribution is -0.137. The minimum absolute atomic E-state index is 0.0947. The molecule has 0 amide bonds. The maximum absolute atomic E-state index is 13.8. The van der Waals surface area contributed by atoms with Gasteiger partial charge in [-0.3, -0.25) is 0 Å². The Labute approximate surface area is 269 Å². The number of aromatic hydroxyl groups is 2. The number of ether oxygens (including phenoxy) is 3. The molecule has 1 aliphatic rings. The molecule has 2 aromatic carbocycles. The molecule has 0 bridgehead atoms. The van der Waals surface area contributed by atoms with E-state index in [1.165, 1.54) is 12.1 Å². The van der Waals surface area contributed by atoms with Crippen molar-refractivity contribution in [1.29, 1.82) is 0 Å². The highest BCUT2D eigenvalue weighted by molar-refractivity contribution is 5.97. The number of carboxylic acids is 1. The minimum atomic E-state index is -1.67. The van der Waals surface area contributed by atoms with Crippen molar-refractivity contribution in [2.45, 2.75) is 122 Å². The van der Waals surface area contributed by atoms with E-state index < -0.39 is 55.0 Å². The van der Waals surface area contributed by atoms with E-state index >= 15 is 0 Å². The lowest BCUT2D eigenvalue weighted by atomic mass is 9.98. The summed E-state index contributed by atoms with van der Waals surface area (Å²) in [5.74, 6) is -3.36. The van der Waals surface area contributed by atoms with Gasteiger partial charge in [-0.25, -0.2) is 9.59 Å². The Morgan fingerprint density at radius 1 is 0.826 bits per heavy atom. The standard InChI is InChI=1S/C34H48O12/c1-3-5-7-9-11-13-20-15-22(36)17-26(45-34-30(40)29(39)31(46-34)25(38)19-35)28(20)33(43)44-23-16-21(14-12-10-8-6-4-2)27(32(41)42)24(37)18-23/h15-18,25,29-31,34-40H,3-14,19H2,1-2H3,(H,41,42)/t25-,29-,30-,31?,34-/m1/s1. The number of aromatic carboxylic acids is 1. The molecule has 256 valence electrons. The number of carbonyl (C=O) groups excluding carboxylic acids is 1. The minimum Gasteiger partial charge on any atom is -0.508 e. The van der Waals surface area contributed by atoms with Crippen LogP contribution in [0.5, 0.6) is 23.0 Å². The first-order chi connectivity index (χ1) is 22.0. The van der Waals surface area contributed by atoms with E-state index in [-0.39, 0.29) is 28.4 Å². The summed E-state index contributed by atoms with van der Waals surface area (Å²) in [6.07, 6.45) is 2.16. The van der Waals surface area contributed by atoms with Gasteiger partial charge in [-0.05, 0) is 48.9 Å². The highest BCUT2D eigenvalue weighted by Crippen LogP contribution is 2.36. The monoisotopic (exact) mass is 648 g/mol. The van der Waals surface area contributed by atoms with E-state index in [1.807, 2.05) is 0 Å². The molecule has 1 saturated heterocycles. The second kappa shape index (κ2) is 18.1. The fourth-order valence-corrected chi connectivity index (χ4v) is 5.65. The van der Waals surface area contributed by atoms with Crippen LogP contribution in [-0.2, 0) is 17.6 Å².